The fourth-order valence-electron chi connectivity index (χ4n) is 10.2. The van der Waals surface area contributed by atoms with Gasteiger partial charge < -0.3 is 9.64 Å². The van der Waals surface area contributed by atoms with Crippen molar-refractivity contribution < 1.29 is 4.74 Å². The quantitative estimate of drug-likeness (QED) is 0.159. The second-order valence-corrected chi connectivity index (χ2v) is 17.7. The van der Waals surface area contributed by atoms with E-state index in [9.17, 15) is 0 Å². The summed E-state index contributed by atoms with van der Waals surface area (Å²) in [6.45, 7) is 4.70. The normalized spacial score (nSPS) is 12.7. The van der Waals surface area contributed by atoms with Crippen molar-refractivity contribution in [1.29, 1.82) is 0 Å². The second-order valence-electron chi connectivity index (χ2n) is 17.7. The summed E-state index contributed by atoms with van der Waals surface area (Å²) in [4.78, 5) is 2.39. The third-order valence-electron chi connectivity index (χ3n) is 13.5. The summed E-state index contributed by atoms with van der Waals surface area (Å²) in [7, 11) is 0. The van der Waals surface area contributed by atoms with Gasteiger partial charge in [0.25, 0.3) is 0 Å². The minimum atomic E-state index is -0.106. The molecule has 0 radical (unpaired) electrons. The van der Waals surface area contributed by atoms with Crippen molar-refractivity contribution >= 4 is 17.1 Å². The van der Waals surface area contributed by atoms with Crippen molar-refractivity contribution in [2.45, 2.75) is 19.3 Å². The first kappa shape index (κ1) is 38.5. The van der Waals surface area contributed by atoms with Gasteiger partial charge in [-0.2, -0.15) is 0 Å². The zero-order valence-electron chi connectivity index (χ0n) is 36.4. The summed E-state index contributed by atoms with van der Waals surface area (Å²) in [5.41, 5.74) is 22.2. The number of anilines is 3. The van der Waals surface area contributed by atoms with Gasteiger partial charge in [0, 0.05) is 44.7 Å². The Morgan fingerprint density at radius 3 is 1.20 bits per heavy atom. The van der Waals surface area contributed by atoms with Gasteiger partial charge in [-0.3, -0.25) is 0 Å². The molecule has 0 unspecified atom stereocenters. The Kier molecular flexibility index (Phi) is 9.21. The van der Waals surface area contributed by atoms with Crippen LogP contribution in [0.3, 0.4) is 0 Å². The number of ether oxygens (including phenoxy) is 1. The topological polar surface area (TPSA) is 12.5 Å². The molecule has 65 heavy (non-hydrogen) atoms. The molecule has 0 N–H and O–H groups in total. The SMILES string of the molecule is CC1(C)c2ccccc2-c2ccc(N(c3ccc(-c4ccccc4)cc3)c3ccc(-c4ccc(-c5cccc6c5Oc5c(-c7ccccc7)cccc5-c5ccccc5-6)cc4)cc3)cc21. The highest BCUT2D eigenvalue weighted by Gasteiger charge is 2.36. The van der Waals surface area contributed by atoms with Crippen molar-refractivity contribution in [3.63, 3.8) is 0 Å². The zero-order valence-corrected chi connectivity index (χ0v) is 36.4. The molecular formula is C63H45NO. The molecule has 1 heterocycles. The Hall–Kier alpha value is -8.20. The molecule has 0 atom stereocenters. The van der Waals surface area contributed by atoms with Crippen LogP contribution >= 0.6 is 0 Å². The Balaban J connectivity index is 0.899. The van der Waals surface area contributed by atoms with Crippen LogP contribution in [0.5, 0.6) is 11.5 Å². The van der Waals surface area contributed by atoms with Crippen molar-refractivity contribution in [1.82, 2.24) is 0 Å². The van der Waals surface area contributed by atoms with Crippen molar-refractivity contribution in [2.24, 2.45) is 0 Å². The molecular weight excluding hydrogens is 787 g/mol. The number of hydrogen-bond acceptors (Lipinski definition) is 2. The summed E-state index contributed by atoms with van der Waals surface area (Å²) in [6, 6.07) is 85.5. The third-order valence-corrected chi connectivity index (χ3v) is 13.5. The molecule has 1 aliphatic carbocycles. The highest BCUT2D eigenvalue weighted by molar-refractivity contribution is 5.97. The van der Waals surface area contributed by atoms with Gasteiger partial charge in [0.15, 0.2) is 0 Å². The molecule has 0 amide bonds. The van der Waals surface area contributed by atoms with Gasteiger partial charge in [0.05, 0.1) is 0 Å². The zero-order chi connectivity index (χ0) is 43.5. The molecule has 2 nitrogen and oxygen atoms in total. The van der Waals surface area contributed by atoms with E-state index in [0.717, 1.165) is 73.1 Å². The van der Waals surface area contributed by atoms with E-state index in [2.05, 4.69) is 255 Å². The number of para-hydroxylation sites is 2. The molecule has 0 aromatic heterocycles. The van der Waals surface area contributed by atoms with Gasteiger partial charge in [0.2, 0.25) is 0 Å². The maximum atomic E-state index is 7.16. The first-order valence-electron chi connectivity index (χ1n) is 22.5. The number of hydrogen-bond donors (Lipinski definition) is 0. The molecule has 2 heteroatoms. The lowest BCUT2D eigenvalue weighted by Crippen LogP contribution is -2.16. The van der Waals surface area contributed by atoms with Gasteiger partial charge >= 0.3 is 0 Å². The summed E-state index contributed by atoms with van der Waals surface area (Å²) in [5.74, 6) is 1.75. The minimum absolute atomic E-state index is 0.106. The van der Waals surface area contributed by atoms with Crippen LogP contribution in [0.2, 0.25) is 0 Å². The van der Waals surface area contributed by atoms with E-state index in [1.807, 2.05) is 0 Å². The molecule has 0 spiro atoms. The molecule has 12 rings (SSSR count). The van der Waals surface area contributed by atoms with Crippen LogP contribution in [-0.4, -0.2) is 0 Å². The van der Waals surface area contributed by atoms with Gasteiger partial charge in [-0.15, -0.1) is 0 Å². The lowest BCUT2D eigenvalue weighted by atomic mass is 9.82. The summed E-state index contributed by atoms with van der Waals surface area (Å²) in [5, 5.41) is 0. The molecule has 0 saturated heterocycles. The smallest absolute Gasteiger partial charge is 0.143 e. The average Bonchev–Trinajstić information content (AvgIpc) is 3.49. The Morgan fingerprint density at radius 1 is 0.277 bits per heavy atom. The van der Waals surface area contributed by atoms with Gasteiger partial charge in [-0.1, -0.05) is 214 Å². The molecule has 10 aromatic rings. The summed E-state index contributed by atoms with van der Waals surface area (Å²) < 4.78 is 7.16. The first-order chi connectivity index (χ1) is 32.0. The van der Waals surface area contributed by atoms with Crippen molar-refractivity contribution in [3.05, 3.63) is 248 Å². The largest absolute Gasteiger partial charge is 0.455 e. The van der Waals surface area contributed by atoms with Crippen LogP contribution in [0.15, 0.2) is 237 Å². The maximum absolute atomic E-state index is 7.16. The third kappa shape index (κ3) is 6.57. The Morgan fingerprint density at radius 2 is 0.646 bits per heavy atom. The van der Waals surface area contributed by atoms with Gasteiger partial charge in [-0.25, -0.2) is 0 Å². The van der Waals surface area contributed by atoms with Crippen LogP contribution in [0.1, 0.15) is 25.0 Å². The van der Waals surface area contributed by atoms with Crippen molar-refractivity contribution in [3.8, 4) is 89.4 Å². The van der Waals surface area contributed by atoms with E-state index < -0.39 is 0 Å². The first-order valence-corrected chi connectivity index (χ1v) is 22.5. The number of fused-ring (bicyclic) bond motifs is 8. The highest BCUT2D eigenvalue weighted by atomic mass is 16.5. The average molecular weight is 832 g/mol. The summed E-state index contributed by atoms with van der Waals surface area (Å²) in [6.07, 6.45) is 0. The fourth-order valence-corrected chi connectivity index (χ4v) is 10.2. The van der Waals surface area contributed by atoms with Crippen LogP contribution < -0.4 is 9.64 Å². The lowest BCUT2D eigenvalue weighted by molar-refractivity contribution is 0.491. The predicted octanol–water partition coefficient (Wildman–Crippen LogP) is 17.6. The minimum Gasteiger partial charge on any atom is -0.455 e. The van der Waals surface area contributed by atoms with Gasteiger partial charge in [-0.05, 0) is 103 Å². The standard InChI is InChI=1S/C63H45NO/c1-63(2)59-26-12-11-21-55(59)56-40-39-50(41-60(56)63)64(48-35-31-44(32-36-48)42-15-5-3-6-16-42)49-37-33-45(34-38-49)43-27-29-47(30-28-43)52-23-14-25-58-54-20-10-9-19-53(54)57-24-13-22-51(61(57)65-62(52)58)46-17-7-4-8-18-46/h3-41H,1-2H3. The van der Waals surface area contributed by atoms with E-state index in [0.29, 0.717) is 0 Å². The second kappa shape index (κ2) is 15.6. The summed E-state index contributed by atoms with van der Waals surface area (Å²) >= 11 is 0. The van der Waals surface area contributed by atoms with E-state index in [1.165, 1.54) is 44.5 Å². The number of nitrogens with zero attached hydrogens (tertiary/aromatic N) is 1. The van der Waals surface area contributed by atoms with Crippen molar-refractivity contribution in [2.75, 3.05) is 4.90 Å². The Bertz CT molecular complexity index is 3390. The molecule has 2 aliphatic rings. The van der Waals surface area contributed by atoms with E-state index in [-0.39, 0.29) is 5.41 Å². The molecule has 0 bridgehead atoms. The molecule has 1 aliphatic heterocycles. The maximum Gasteiger partial charge on any atom is 0.143 e. The Labute approximate surface area is 381 Å². The van der Waals surface area contributed by atoms with E-state index in [1.54, 1.807) is 0 Å². The highest BCUT2D eigenvalue weighted by Crippen LogP contribution is 2.54. The predicted molar refractivity (Wildman–Crippen MR) is 271 cm³/mol. The molecule has 308 valence electrons. The molecule has 10 aromatic carbocycles. The number of rotatable bonds is 7. The van der Waals surface area contributed by atoms with E-state index in [4.69, 9.17) is 4.74 Å². The van der Waals surface area contributed by atoms with Crippen LogP contribution in [0.4, 0.5) is 17.1 Å². The van der Waals surface area contributed by atoms with Crippen LogP contribution in [0, 0.1) is 0 Å². The fraction of sp³-hybridized carbons (Fsp3) is 0.0476. The number of benzene rings is 10. The molecule has 0 fully saturated rings. The van der Waals surface area contributed by atoms with Crippen LogP contribution in [-0.2, 0) is 5.41 Å². The van der Waals surface area contributed by atoms with Gasteiger partial charge in [0.1, 0.15) is 11.5 Å². The van der Waals surface area contributed by atoms with Crippen LogP contribution in [0.25, 0.3) is 77.9 Å². The molecule has 0 saturated carbocycles. The van der Waals surface area contributed by atoms with E-state index >= 15 is 0 Å². The monoisotopic (exact) mass is 831 g/mol. The lowest BCUT2D eigenvalue weighted by Gasteiger charge is -2.28.